The second-order valence-corrected chi connectivity index (χ2v) is 6.73. The minimum atomic E-state index is -0.606. The fraction of sp³-hybridized carbons (Fsp3) is 0.0400. The fourth-order valence-corrected chi connectivity index (χ4v) is 2.87. The maximum Gasteiger partial charge on any atom is 0.267 e. The number of rotatable bonds is 5. The molecule has 0 aliphatic rings. The number of hydrogen-bond donors (Lipinski definition) is 2. The summed E-state index contributed by atoms with van der Waals surface area (Å²) in [5, 5.41) is 3.23. The standard InChI is InChI=1S/C25H19N5O/c26-24(31)22-15-23(28-17-19-5-2-1-3-6-19)30-25(29-22)21-12-10-18(11-13-21)8-9-20-7-4-14-27-16-20/h1-7,10-16H,17H2,(H2,26,31)(H,28,29,30). The highest BCUT2D eigenvalue weighted by atomic mass is 16.1. The number of pyridine rings is 1. The summed E-state index contributed by atoms with van der Waals surface area (Å²) >= 11 is 0. The Morgan fingerprint density at radius 1 is 0.903 bits per heavy atom. The van der Waals surface area contributed by atoms with Gasteiger partial charge in [-0.05, 0) is 42.0 Å². The summed E-state index contributed by atoms with van der Waals surface area (Å²) in [4.78, 5) is 24.7. The van der Waals surface area contributed by atoms with E-state index in [1.54, 1.807) is 18.5 Å². The summed E-state index contributed by atoms with van der Waals surface area (Å²) in [6, 6.07) is 22.7. The molecule has 150 valence electrons. The van der Waals surface area contributed by atoms with Crippen molar-refractivity contribution in [3.63, 3.8) is 0 Å². The van der Waals surface area contributed by atoms with Crippen molar-refractivity contribution in [3.05, 3.63) is 108 Å². The molecule has 0 unspecified atom stereocenters. The van der Waals surface area contributed by atoms with Crippen molar-refractivity contribution in [1.29, 1.82) is 0 Å². The molecule has 0 bridgehead atoms. The molecule has 0 atom stereocenters. The van der Waals surface area contributed by atoms with Gasteiger partial charge in [0.05, 0.1) is 0 Å². The summed E-state index contributed by atoms with van der Waals surface area (Å²) in [5.41, 5.74) is 9.18. The topological polar surface area (TPSA) is 93.8 Å². The van der Waals surface area contributed by atoms with Gasteiger partial charge in [0.1, 0.15) is 11.5 Å². The number of nitrogens with zero attached hydrogens (tertiary/aromatic N) is 3. The van der Waals surface area contributed by atoms with Crippen molar-refractivity contribution in [1.82, 2.24) is 15.0 Å². The Kier molecular flexibility index (Phi) is 5.96. The summed E-state index contributed by atoms with van der Waals surface area (Å²) < 4.78 is 0. The maximum absolute atomic E-state index is 11.8. The van der Waals surface area contributed by atoms with Crippen molar-refractivity contribution in [2.45, 2.75) is 6.54 Å². The number of nitrogens with one attached hydrogen (secondary N) is 1. The lowest BCUT2D eigenvalue weighted by atomic mass is 10.1. The molecule has 0 saturated carbocycles. The van der Waals surface area contributed by atoms with Gasteiger partial charge in [-0.3, -0.25) is 9.78 Å². The molecule has 3 N–H and O–H groups in total. The van der Waals surface area contributed by atoms with Crippen LogP contribution >= 0.6 is 0 Å². The number of anilines is 1. The number of nitrogens with two attached hydrogens (primary N) is 1. The molecule has 6 nitrogen and oxygen atoms in total. The van der Waals surface area contributed by atoms with Crippen LogP contribution in [0.4, 0.5) is 5.82 Å². The Balaban J connectivity index is 1.57. The van der Waals surface area contributed by atoms with Crippen LogP contribution in [0.25, 0.3) is 11.4 Å². The molecular formula is C25H19N5O. The van der Waals surface area contributed by atoms with E-state index in [2.05, 4.69) is 32.1 Å². The molecule has 0 aliphatic carbocycles. The zero-order valence-corrected chi connectivity index (χ0v) is 16.6. The normalized spacial score (nSPS) is 10.1. The molecule has 0 aliphatic heterocycles. The number of carbonyl (C=O) groups is 1. The predicted octanol–water partition coefficient (Wildman–Crippen LogP) is 3.65. The summed E-state index contributed by atoms with van der Waals surface area (Å²) in [6.07, 6.45) is 3.43. The van der Waals surface area contributed by atoms with E-state index in [0.717, 1.165) is 22.3 Å². The molecule has 2 heterocycles. The van der Waals surface area contributed by atoms with Crippen molar-refractivity contribution in [2.24, 2.45) is 5.73 Å². The largest absolute Gasteiger partial charge is 0.366 e. The Hall–Kier alpha value is -4.50. The van der Waals surface area contributed by atoms with Crippen LogP contribution in [-0.4, -0.2) is 20.9 Å². The van der Waals surface area contributed by atoms with E-state index in [-0.39, 0.29) is 5.69 Å². The van der Waals surface area contributed by atoms with E-state index in [1.807, 2.05) is 66.7 Å². The zero-order valence-electron chi connectivity index (χ0n) is 16.6. The molecule has 6 heteroatoms. The van der Waals surface area contributed by atoms with Crippen LogP contribution in [0.2, 0.25) is 0 Å². The molecule has 31 heavy (non-hydrogen) atoms. The molecule has 2 aromatic heterocycles. The van der Waals surface area contributed by atoms with Crippen molar-refractivity contribution in [2.75, 3.05) is 5.32 Å². The van der Waals surface area contributed by atoms with Crippen molar-refractivity contribution in [3.8, 4) is 23.2 Å². The molecule has 0 radical (unpaired) electrons. The fourth-order valence-electron chi connectivity index (χ4n) is 2.87. The lowest BCUT2D eigenvalue weighted by Gasteiger charge is -2.09. The van der Waals surface area contributed by atoms with Crippen LogP contribution < -0.4 is 11.1 Å². The first-order valence-corrected chi connectivity index (χ1v) is 9.66. The number of amides is 1. The molecule has 1 amide bonds. The third-order valence-electron chi connectivity index (χ3n) is 4.45. The van der Waals surface area contributed by atoms with Crippen molar-refractivity contribution < 1.29 is 4.79 Å². The second kappa shape index (κ2) is 9.33. The third-order valence-corrected chi connectivity index (χ3v) is 4.45. The number of aromatic nitrogens is 3. The Morgan fingerprint density at radius 2 is 1.68 bits per heavy atom. The van der Waals surface area contributed by atoms with E-state index in [9.17, 15) is 4.79 Å². The highest BCUT2D eigenvalue weighted by Gasteiger charge is 2.11. The van der Waals surface area contributed by atoms with Crippen LogP contribution in [0.5, 0.6) is 0 Å². The van der Waals surface area contributed by atoms with Gasteiger partial charge < -0.3 is 11.1 Å². The quantitative estimate of drug-likeness (QED) is 0.494. The lowest BCUT2D eigenvalue weighted by Crippen LogP contribution is -2.15. The summed E-state index contributed by atoms with van der Waals surface area (Å²) in [7, 11) is 0. The van der Waals surface area contributed by atoms with Crippen LogP contribution in [0, 0.1) is 11.8 Å². The molecule has 0 saturated heterocycles. The van der Waals surface area contributed by atoms with Crippen LogP contribution in [0.15, 0.2) is 85.2 Å². The smallest absolute Gasteiger partial charge is 0.267 e. The van der Waals surface area contributed by atoms with E-state index in [4.69, 9.17) is 5.73 Å². The van der Waals surface area contributed by atoms with Crippen LogP contribution in [0.1, 0.15) is 27.2 Å². The third kappa shape index (κ3) is 5.31. The summed E-state index contributed by atoms with van der Waals surface area (Å²) in [5.74, 6) is 6.51. The number of benzene rings is 2. The van der Waals surface area contributed by atoms with Gasteiger partial charge in [-0.15, -0.1) is 0 Å². The molecule has 4 rings (SSSR count). The van der Waals surface area contributed by atoms with Gasteiger partial charge in [-0.25, -0.2) is 9.97 Å². The van der Waals surface area contributed by atoms with Gasteiger partial charge in [0.2, 0.25) is 0 Å². The van der Waals surface area contributed by atoms with Crippen LogP contribution in [-0.2, 0) is 6.54 Å². The minimum Gasteiger partial charge on any atom is -0.366 e. The molecule has 0 fully saturated rings. The monoisotopic (exact) mass is 405 g/mol. The highest BCUT2D eigenvalue weighted by Crippen LogP contribution is 2.19. The number of primary amides is 1. The zero-order chi connectivity index (χ0) is 21.5. The van der Waals surface area contributed by atoms with Gasteiger partial charge >= 0.3 is 0 Å². The van der Waals surface area contributed by atoms with Crippen molar-refractivity contribution >= 4 is 11.7 Å². The van der Waals surface area contributed by atoms with E-state index >= 15 is 0 Å². The lowest BCUT2D eigenvalue weighted by molar-refractivity contribution is 0.0995. The van der Waals surface area contributed by atoms with E-state index in [1.165, 1.54) is 0 Å². The first kappa shape index (κ1) is 19.8. The average Bonchev–Trinajstić information content (AvgIpc) is 2.83. The predicted molar refractivity (Wildman–Crippen MR) is 120 cm³/mol. The van der Waals surface area contributed by atoms with Gasteiger partial charge in [-0.1, -0.05) is 42.2 Å². The van der Waals surface area contributed by atoms with Gasteiger partial charge in [0.15, 0.2) is 5.82 Å². The second-order valence-electron chi connectivity index (χ2n) is 6.73. The maximum atomic E-state index is 11.8. The molecule has 0 spiro atoms. The molecular weight excluding hydrogens is 386 g/mol. The van der Waals surface area contributed by atoms with Crippen LogP contribution in [0.3, 0.4) is 0 Å². The van der Waals surface area contributed by atoms with E-state index < -0.39 is 5.91 Å². The first-order valence-electron chi connectivity index (χ1n) is 9.66. The Labute approximate surface area is 180 Å². The Bertz CT molecular complexity index is 1240. The minimum absolute atomic E-state index is 0.154. The highest BCUT2D eigenvalue weighted by molar-refractivity contribution is 5.92. The average molecular weight is 405 g/mol. The van der Waals surface area contributed by atoms with Gasteiger partial charge in [0, 0.05) is 41.7 Å². The number of hydrogen-bond acceptors (Lipinski definition) is 5. The Morgan fingerprint density at radius 3 is 2.39 bits per heavy atom. The van der Waals surface area contributed by atoms with E-state index in [0.29, 0.717) is 18.2 Å². The van der Waals surface area contributed by atoms with Gasteiger partial charge in [-0.2, -0.15) is 0 Å². The molecule has 2 aromatic carbocycles. The SMILES string of the molecule is NC(=O)c1cc(NCc2ccccc2)nc(-c2ccc(C#Cc3cccnc3)cc2)n1. The van der Waals surface area contributed by atoms with Gasteiger partial charge in [0.25, 0.3) is 5.91 Å². The number of carbonyl (C=O) groups excluding carboxylic acids is 1. The first-order chi connectivity index (χ1) is 15.2. The molecule has 4 aromatic rings. The summed E-state index contributed by atoms with van der Waals surface area (Å²) in [6.45, 7) is 0.568.